The number of rotatable bonds is 6. The molecule has 1 aliphatic heterocycles. The van der Waals surface area contributed by atoms with Crippen LogP contribution in [0.25, 0.3) is 22.6 Å². The highest BCUT2D eigenvalue weighted by Crippen LogP contribution is 2.28. The van der Waals surface area contributed by atoms with Gasteiger partial charge in [0, 0.05) is 24.5 Å². The van der Waals surface area contributed by atoms with Gasteiger partial charge in [-0.1, -0.05) is 11.2 Å². The second-order valence-electron chi connectivity index (χ2n) is 7.37. The molecule has 5 rings (SSSR count). The van der Waals surface area contributed by atoms with Gasteiger partial charge in [0.05, 0.1) is 42.2 Å². The summed E-state index contributed by atoms with van der Waals surface area (Å²) in [4.78, 5) is 21.4. The number of hydrogen-bond acceptors (Lipinski definition) is 8. The molecule has 1 N–H and O–H groups in total. The maximum atomic E-state index is 13.3. The van der Waals surface area contributed by atoms with Gasteiger partial charge in [-0.3, -0.25) is 9.69 Å². The normalized spacial score (nSPS) is 15.9. The molecule has 0 saturated carbocycles. The minimum atomic E-state index is -0.193. The van der Waals surface area contributed by atoms with E-state index >= 15 is 0 Å². The summed E-state index contributed by atoms with van der Waals surface area (Å²) in [6, 6.07) is 9.55. The Kier molecular flexibility index (Phi) is 5.54. The van der Waals surface area contributed by atoms with Crippen molar-refractivity contribution in [3.63, 3.8) is 0 Å². The zero-order valence-corrected chi connectivity index (χ0v) is 17.9. The Morgan fingerprint density at radius 1 is 1.29 bits per heavy atom. The van der Waals surface area contributed by atoms with E-state index in [0.29, 0.717) is 53.6 Å². The average molecular weight is 439 g/mol. The van der Waals surface area contributed by atoms with Crippen LogP contribution in [0.5, 0.6) is 0 Å². The molecule has 4 aromatic heterocycles. The second kappa shape index (κ2) is 8.62. The minimum absolute atomic E-state index is 0.0956. The lowest BCUT2D eigenvalue weighted by atomic mass is 10.1. The van der Waals surface area contributed by atoms with Crippen LogP contribution in [0.1, 0.15) is 27.0 Å². The third-order valence-corrected chi connectivity index (χ3v) is 6.42. The second-order valence-corrected chi connectivity index (χ2v) is 8.35. The van der Waals surface area contributed by atoms with Crippen molar-refractivity contribution < 1.29 is 18.5 Å². The number of carbonyl (C=O) groups is 1. The number of nitrogens with zero attached hydrogens (tertiary/aromatic N) is 3. The average Bonchev–Trinajstić information content (AvgIpc) is 3.57. The number of carbonyl (C=O) groups excluding carboxylic acids is 1. The first-order valence-corrected chi connectivity index (χ1v) is 11.0. The topological polar surface area (TPSA) is 93.6 Å². The van der Waals surface area contributed by atoms with Gasteiger partial charge in [0.2, 0.25) is 0 Å². The van der Waals surface area contributed by atoms with Gasteiger partial charge < -0.3 is 19.0 Å². The Balaban J connectivity index is 1.43. The fourth-order valence-corrected chi connectivity index (χ4v) is 4.75. The number of fused-ring (bicyclic) bond motifs is 1. The maximum absolute atomic E-state index is 13.3. The van der Waals surface area contributed by atoms with Crippen LogP contribution >= 0.6 is 11.3 Å². The van der Waals surface area contributed by atoms with Crippen molar-refractivity contribution in [1.82, 2.24) is 20.4 Å². The number of aromatic nitrogens is 2. The molecule has 4 aromatic rings. The Hall–Kier alpha value is -3.01. The number of amides is 1. The molecule has 1 saturated heterocycles. The standard InChI is InChI=1S/C22H22N4O4S/c1-14-20-15(12-16(18-4-2-8-29-18)24-22(20)30-25-14)21(27)23-13-17(19-5-3-11-31-19)26-6-9-28-10-7-26/h2-5,8,11-12,17H,6-7,9-10,13H2,1H3,(H,23,27). The summed E-state index contributed by atoms with van der Waals surface area (Å²) in [5.74, 6) is 0.371. The monoisotopic (exact) mass is 438 g/mol. The van der Waals surface area contributed by atoms with Gasteiger partial charge in [0.1, 0.15) is 5.69 Å². The van der Waals surface area contributed by atoms with Crippen molar-refractivity contribution in [2.24, 2.45) is 0 Å². The van der Waals surface area contributed by atoms with E-state index in [1.54, 1.807) is 42.7 Å². The van der Waals surface area contributed by atoms with Gasteiger partial charge in [-0.15, -0.1) is 11.3 Å². The van der Waals surface area contributed by atoms with Gasteiger partial charge in [0.25, 0.3) is 11.6 Å². The zero-order valence-electron chi connectivity index (χ0n) is 17.0. The lowest BCUT2D eigenvalue weighted by molar-refractivity contribution is 0.0169. The number of thiophene rings is 1. The molecule has 0 spiro atoms. The number of morpholine rings is 1. The zero-order chi connectivity index (χ0) is 21.2. The fraction of sp³-hybridized carbons (Fsp3) is 0.318. The minimum Gasteiger partial charge on any atom is -0.463 e. The molecule has 8 nitrogen and oxygen atoms in total. The lowest BCUT2D eigenvalue weighted by Gasteiger charge is -2.34. The predicted molar refractivity (Wildman–Crippen MR) is 116 cm³/mol. The molecular formula is C22H22N4O4S. The van der Waals surface area contributed by atoms with Gasteiger partial charge >= 0.3 is 0 Å². The van der Waals surface area contributed by atoms with Crippen LogP contribution in [0.15, 0.2) is 50.9 Å². The molecule has 160 valence electrons. The van der Waals surface area contributed by atoms with Crippen molar-refractivity contribution in [2.45, 2.75) is 13.0 Å². The van der Waals surface area contributed by atoms with E-state index in [1.807, 2.05) is 6.07 Å². The number of hydrogen-bond donors (Lipinski definition) is 1. The highest BCUT2D eigenvalue weighted by atomic mass is 32.1. The van der Waals surface area contributed by atoms with Crippen molar-refractivity contribution in [2.75, 3.05) is 32.8 Å². The van der Waals surface area contributed by atoms with Crippen LogP contribution in [0, 0.1) is 6.92 Å². The van der Waals surface area contributed by atoms with Crippen LogP contribution < -0.4 is 5.32 Å². The summed E-state index contributed by atoms with van der Waals surface area (Å²) in [6.45, 7) is 5.37. The van der Waals surface area contributed by atoms with Crippen LogP contribution in [0.2, 0.25) is 0 Å². The van der Waals surface area contributed by atoms with Gasteiger partial charge in [-0.2, -0.15) is 0 Å². The van der Waals surface area contributed by atoms with Crippen LogP contribution in [-0.2, 0) is 4.74 Å². The first-order chi connectivity index (χ1) is 15.2. The molecule has 1 atom stereocenters. The third-order valence-electron chi connectivity index (χ3n) is 5.45. The van der Waals surface area contributed by atoms with E-state index < -0.39 is 0 Å². The largest absolute Gasteiger partial charge is 0.463 e. The highest BCUT2D eigenvalue weighted by Gasteiger charge is 2.26. The van der Waals surface area contributed by atoms with Gasteiger partial charge in [-0.05, 0) is 36.6 Å². The Morgan fingerprint density at radius 2 is 2.16 bits per heavy atom. The highest BCUT2D eigenvalue weighted by molar-refractivity contribution is 7.10. The summed E-state index contributed by atoms with van der Waals surface area (Å²) in [5, 5.41) is 9.81. The molecule has 0 bridgehead atoms. The Bertz CT molecular complexity index is 1160. The molecule has 0 aromatic carbocycles. The number of nitrogens with one attached hydrogen (secondary N) is 1. The Labute approximate surface area is 182 Å². The van der Waals surface area contributed by atoms with Gasteiger partial charge in [-0.25, -0.2) is 4.98 Å². The SMILES string of the molecule is Cc1noc2nc(-c3ccco3)cc(C(=O)NCC(c3cccs3)N3CCOCC3)c12. The van der Waals surface area contributed by atoms with Crippen LogP contribution in [0.4, 0.5) is 0 Å². The van der Waals surface area contributed by atoms with E-state index in [0.717, 1.165) is 13.1 Å². The Morgan fingerprint density at radius 3 is 2.90 bits per heavy atom. The van der Waals surface area contributed by atoms with E-state index in [-0.39, 0.29) is 11.9 Å². The smallest absolute Gasteiger partial charge is 0.259 e. The van der Waals surface area contributed by atoms with Crippen LogP contribution in [0.3, 0.4) is 0 Å². The first kappa shape index (κ1) is 19.9. The van der Waals surface area contributed by atoms with Crippen molar-refractivity contribution >= 4 is 28.3 Å². The molecule has 31 heavy (non-hydrogen) atoms. The molecular weight excluding hydrogens is 416 g/mol. The summed E-state index contributed by atoms with van der Waals surface area (Å²) in [5.41, 5.74) is 1.95. The predicted octanol–water partition coefficient (Wildman–Crippen LogP) is 3.66. The molecule has 1 unspecified atom stereocenters. The van der Waals surface area contributed by atoms with Crippen LogP contribution in [-0.4, -0.2) is 53.8 Å². The molecule has 1 aliphatic rings. The van der Waals surface area contributed by atoms with Crippen molar-refractivity contribution in [1.29, 1.82) is 0 Å². The van der Waals surface area contributed by atoms with E-state index in [2.05, 4.69) is 31.8 Å². The molecule has 0 aliphatic carbocycles. The lowest BCUT2D eigenvalue weighted by Crippen LogP contribution is -2.43. The van der Waals surface area contributed by atoms with E-state index in [9.17, 15) is 4.79 Å². The van der Waals surface area contributed by atoms with E-state index in [4.69, 9.17) is 13.7 Å². The maximum Gasteiger partial charge on any atom is 0.259 e. The van der Waals surface area contributed by atoms with Crippen molar-refractivity contribution in [3.8, 4) is 11.5 Å². The molecule has 9 heteroatoms. The number of furan rings is 1. The summed E-state index contributed by atoms with van der Waals surface area (Å²) >= 11 is 1.70. The fourth-order valence-electron chi connectivity index (χ4n) is 3.89. The quantitative estimate of drug-likeness (QED) is 0.491. The molecule has 1 fully saturated rings. The summed E-state index contributed by atoms with van der Waals surface area (Å²) in [7, 11) is 0. The summed E-state index contributed by atoms with van der Waals surface area (Å²) in [6.07, 6.45) is 1.57. The number of aryl methyl sites for hydroxylation is 1. The summed E-state index contributed by atoms with van der Waals surface area (Å²) < 4.78 is 16.3. The van der Waals surface area contributed by atoms with Crippen molar-refractivity contribution in [3.05, 3.63) is 58.1 Å². The molecule has 5 heterocycles. The van der Waals surface area contributed by atoms with E-state index in [1.165, 1.54) is 4.88 Å². The number of pyridine rings is 1. The molecule has 1 amide bonds. The third kappa shape index (κ3) is 3.99. The first-order valence-electron chi connectivity index (χ1n) is 10.1. The van der Waals surface area contributed by atoms with Gasteiger partial charge in [0.15, 0.2) is 5.76 Å². The molecule has 0 radical (unpaired) electrons. The number of ether oxygens (including phenoxy) is 1.